The summed E-state index contributed by atoms with van der Waals surface area (Å²) < 4.78 is 0. The van der Waals surface area contributed by atoms with Crippen LogP contribution in [0.2, 0.25) is 0 Å². The molecule has 0 fully saturated rings. The summed E-state index contributed by atoms with van der Waals surface area (Å²) in [6.07, 6.45) is 1.08. The molecule has 15 heavy (non-hydrogen) atoms. The molecule has 2 rings (SSSR count). The van der Waals surface area contributed by atoms with Crippen molar-refractivity contribution in [1.29, 1.82) is 0 Å². The van der Waals surface area contributed by atoms with Gasteiger partial charge in [0.15, 0.2) is 0 Å². The number of rotatable bonds is 3. The molecule has 0 spiro atoms. The van der Waals surface area contributed by atoms with E-state index >= 15 is 0 Å². The average Bonchev–Trinajstić information content (AvgIpc) is 2.82. The molecule has 1 atom stereocenters. The van der Waals surface area contributed by atoms with Gasteiger partial charge in [-0.1, -0.05) is 37.3 Å². The van der Waals surface area contributed by atoms with Gasteiger partial charge in [0, 0.05) is 4.88 Å². The summed E-state index contributed by atoms with van der Waals surface area (Å²) in [5.41, 5.74) is 8.71. The summed E-state index contributed by atoms with van der Waals surface area (Å²) >= 11 is 1.71. The Balaban J connectivity index is 2.22. The number of hydrogen-bond donors (Lipinski definition) is 1. The van der Waals surface area contributed by atoms with Crippen LogP contribution in [0.3, 0.4) is 0 Å². The molecular formula is C13H15NS. The monoisotopic (exact) mass is 217 g/mol. The molecule has 0 saturated heterocycles. The van der Waals surface area contributed by atoms with Gasteiger partial charge in [0.1, 0.15) is 0 Å². The molecule has 1 aromatic carbocycles. The van der Waals surface area contributed by atoms with Crippen molar-refractivity contribution in [1.82, 2.24) is 0 Å². The SMILES string of the molecule is CCc1ccc([C@H](N)c2cccs2)cc1. The van der Waals surface area contributed by atoms with Crippen LogP contribution in [0.5, 0.6) is 0 Å². The number of thiophene rings is 1. The van der Waals surface area contributed by atoms with Crippen molar-refractivity contribution >= 4 is 11.3 Å². The third-order valence-electron chi connectivity index (χ3n) is 2.60. The van der Waals surface area contributed by atoms with Crippen LogP contribution in [-0.2, 0) is 6.42 Å². The minimum atomic E-state index is 0.0240. The standard InChI is InChI=1S/C13H15NS/c1-2-10-5-7-11(8-6-10)13(14)12-4-3-9-15-12/h3-9,13H,2,14H2,1H3/t13-/m0/s1. The summed E-state index contributed by atoms with van der Waals surface area (Å²) in [5.74, 6) is 0. The summed E-state index contributed by atoms with van der Waals surface area (Å²) in [4.78, 5) is 1.22. The molecule has 1 aromatic heterocycles. The fourth-order valence-corrected chi connectivity index (χ4v) is 2.35. The maximum Gasteiger partial charge on any atom is 0.0645 e. The minimum Gasteiger partial charge on any atom is -0.320 e. The molecule has 0 amide bonds. The molecule has 78 valence electrons. The van der Waals surface area contributed by atoms with Crippen LogP contribution >= 0.6 is 11.3 Å². The van der Waals surface area contributed by atoms with Gasteiger partial charge in [-0.25, -0.2) is 0 Å². The van der Waals surface area contributed by atoms with Crippen molar-refractivity contribution in [3.05, 3.63) is 57.8 Å². The number of hydrogen-bond acceptors (Lipinski definition) is 2. The van der Waals surface area contributed by atoms with Crippen LogP contribution in [0.4, 0.5) is 0 Å². The third kappa shape index (κ3) is 2.28. The van der Waals surface area contributed by atoms with E-state index in [1.807, 2.05) is 6.07 Å². The van der Waals surface area contributed by atoms with Gasteiger partial charge in [0.25, 0.3) is 0 Å². The van der Waals surface area contributed by atoms with Crippen molar-refractivity contribution in [2.75, 3.05) is 0 Å². The second-order valence-corrected chi connectivity index (χ2v) is 4.57. The molecule has 2 heteroatoms. The molecule has 0 unspecified atom stereocenters. The van der Waals surface area contributed by atoms with Gasteiger partial charge in [-0.2, -0.15) is 0 Å². The molecular weight excluding hydrogens is 202 g/mol. The van der Waals surface area contributed by atoms with Crippen LogP contribution in [0.15, 0.2) is 41.8 Å². The van der Waals surface area contributed by atoms with E-state index in [9.17, 15) is 0 Å². The highest BCUT2D eigenvalue weighted by Gasteiger charge is 2.08. The molecule has 0 bridgehead atoms. The Morgan fingerprint density at radius 2 is 1.93 bits per heavy atom. The van der Waals surface area contributed by atoms with Crippen LogP contribution < -0.4 is 5.73 Å². The smallest absolute Gasteiger partial charge is 0.0645 e. The van der Waals surface area contributed by atoms with E-state index in [4.69, 9.17) is 5.73 Å². The van der Waals surface area contributed by atoms with Gasteiger partial charge in [0.05, 0.1) is 6.04 Å². The zero-order valence-corrected chi connectivity index (χ0v) is 9.63. The first-order valence-corrected chi connectivity index (χ1v) is 6.07. The van der Waals surface area contributed by atoms with Crippen molar-refractivity contribution in [2.45, 2.75) is 19.4 Å². The zero-order chi connectivity index (χ0) is 10.7. The molecule has 1 heterocycles. The molecule has 0 saturated carbocycles. The average molecular weight is 217 g/mol. The fourth-order valence-electron chi connectivity index (χ4n) is 1.59. The Morgan fingerprint density at radius 1 is 1.20 bits per heavy atom. The molecule has 2 N–H and O–H groups in total. The van der Waals surface area contributed by atoms with Crippen molar-refractivity contribution < 1.29 is 0 Å². The maximum atomic E-state index is 6.16. The minimum absolute atomic E-state index is 0.0240. The first-order valence-electron chi connectivity index (χ1n) is 5.19. The molecule has 0 aliphatic heterocycles. The van der Waals surface area contributed by atoms with Crippen molar-refractivity contribution in [3.63, 3.8) is 0 Å². The largest absolute Gasteiger partial charge is 0.320 e. The Hall–Kier alpha value is -1.12. The molecule has 0 aliphatic carbocycles. The molecule has 0 radical (unpaired) electrons. The van der Waals surface area contributed by atoms with E-state index in [-0.39, 0.29) is 6.04 Å². The lowest BCUT2D eigenvalue weighted by Crippen LogP contribution is -2.09. The van der Waals surface area contributed by atoms with E-state index < -0.39 is 0 Å². The van der Waals surface area contributed by atoms with Gasteiger partial charge < -0.3 is 5.73 Å². The Labute approximate surface area is 94.6 Å². The lowest BCUT2D eigenvalue weighted by molar-refractivity contribution is 0.891. The molecule has 1 nitrogen and oxygen atoms in total. The summed E-state index contributed by atoms with van der Waals surface area (Å²) in [6.45, 7) is 2.16. The van der Waals surface area contributed by atoms with Gasteiger partial charge in [-0.3, -0.25) is 0 Å². The van der Waals surface area contributed by atoms with Crippen molar-refractivity contribution in [3.8, 4) is 0 Å². The first-order chi connectivity index (χ1) is 7.31. The van der Waals surface area contributed by atoms with Crippen molar-refractivity contribution in [2.24, 2.45) is 5.73 Å². The van der Waals surface area contributed by atoms with Gasteiger partial charge >= 0.3 is 0 Å². The van der Waals surface area contributed by atoms with E-state index in [1.165, 1.54) is 16.0 Å². The van der Waals surface area contributed by atoms with Crippen LogP contribution in [-0.4, -0.2) is 0 Å². The first kappa shape index (κ1) is 10.4. The predicted octanol–water partition coefficient (Wildman–Crippen LogP) is 3.36. The normalized spacial score (nSPS) is 12.7. The summed E-state index contributed by atoms with van der Waals surface area (Å²) in [7, 11) is 0. The Morgan fingerprint density at radius 3 is 2.47 bits per heavy atom. The molecule has 2 aromatic rings. The Bertz CT molecular complexity index is 403. The number of aryl methyl sites for hydroxylation is 1. The second kappa shape index (κ2) is 4.60. The zero-order valence-electron chi connectivity index (χ0n) is 8.81. The van der Waals surface area contributed by atoms with E-state index in [0.717, 1.165) is 6.42 Å². The second-order valence-electron chi connectivity index (χ2n) is 3.59. The van der Waals surface area contributed by atoms with E-state index in [0.29, 0.717) is 0 Å². The highest BCUT2D eigenvalue weighted by atomic mass is 32.1. The topological polar surface area (TPSA) is 26.0 Å². The van der Waals surface area contributed by atoms with E-state index in [1.54, 1.807) is 11.3 Å². The maximum absolute atomic E-state index is 6.16. The van der Waals surface area contributed by atoms with Gasteiger partial charge in [-0.15, -0.1) is 11.3 Å². The quantitative estimate of drug-likeness (QED) is 0.838. The van der Waals surface area contributed by atoms with Crippen LogP contribution in [0.25, 0.3) is 0 Å². The van der Waals surface area contributed by atoms with Gasteiger partial charge in [0.2, 0.25) is 0 Å². The van der Waals surface area contributed by atoms with E-state index in [2.05, 4.69) is 42.6 Å². The molecule has 0 aliphatic rings. The highest BCUT2D eigenvalue weighted by molar-refractivity contribution is 7.10. The third-order valence-corrected chi connectivity index (χ3v) is 3.55. The summed E-state index contributed by atoms with van der Waals surface area (Å²) in [5, 5.41) is 2.07. The summed E-state index contributed by atoms with van der Waals surface area (Å²) in [6, 6.07) is 12.7. The van der Waals surface area contributed by atoms with Crippen LogP contribution in [0, 0.1) is 0 Å². The lowest BCUT2D eigenvalue weighted by atomic mass is 10.0. The predicted molar refractivity (Wildman–Crippen MR) is 66.2 cm³/mol. The Kier molecular flexibility index (Phi) is 3.19. The lowest BCUT2D eigenvalue weighted by Gasteiger charge is -2.10. The number of benzene rings is 1. The fraction of sp³-hybridized carbons (Fsp3) is 0.231. The van der Waals surface area contributed by atoms with Crippen LogP contribution in [0.1, 0.15) is 29.0 Å². The van der Waals surface area contributed by atoms with Gasteiger partial charge in [-0.05, 0) is 29.0 Å². The highest BCUT2D eigenvalue weighted by Crippen LogP contribution is 2.23. The number of nitrogens with two attached hydrogens (primary N) is 1.